The van der Waals surface area contributed by atoms with E-state index in [1.165, 1.54) is 38.5 Å². The summed E-state index contributed by atoms with van der Waals surface area (Å²) in [6.45, 7) is 8.91. The zero-order chi connectivity index (χ0) is 31.5. The van der Waals surface area contributed by atoms with Crippen LogP contribution in [0.4, 0.5) is 0 Å². The molecule has 4 aromatic rings. The molecule has 2 atom stereocenters. The first-order valence-electron chi connectivity index (χ1n) is 16.4. The van der Waals surface area contributed by atoms with Crippen molar-refractivity contribution >= 4 is 0 Å². The fourth-order valence-corrected chi connectivity index (χ4v) is 5.83. The molecule has 0 bridgehead atoms. The summed E-state index contributed by atoms with van der Waals surface area (Å²) in [5.41, 5.74) is 4.07. The van der Waals surface area contributed by atoms with Crippen LogP contribution in [-0.2, 0) is 12.8 Å². The van der Waals surface area contributed by atoms with E-state index in [4.69, 9.17) is 19.7 Å². The molecule has 1 heterocycles. The van der Waals surface area contributed by atoms with Crippen LogP contribution in [0.15, 0.2) is 60.7 Å². The van der Waals surface area contributed by atoms with E-state index in [0.717, 1.165) is 48.1 Å². The molecule has 3 aromatic carbocycles. The summed E-state index contributed by atoms with van der Waals surface area (Å²) in [5.74, 6) is 3.38. The third-order valence-corrected chi connectivity index (χ3v) is 8.73. The van der Waals surface area contributed by atoms with Crippen molar-refractivity contribution in [3.05, 3.63) is 71.8 Å². The summed E-state index contributed by atoms with van der Waals surface area (Å²) in [7, 11) is 1.63. The molecule has 0 fully saturated rings. The zero-order valence-corrected chi connectivity index (χ0v) is 27.1. The maximum Gasteiger partial charge on any atom is 0.167 e. The van der Waals surface area contributed by atoms with Crippen LogP contribution < -0.4 is 4.74 Å². The summed E-state index contributed by atoms with van der Waals surface area (Å²) < 4.78 is 5.34. The van der Waals surface area contributed by atoms with Crippen molar-refractivity contribution in [2.45, 2.75) is 91.9 Å². The van der Waals surface area contributed by atoms with E-state index in [0.29, 0.717) is 40.4 Å². The lowest BCUT2D eigenvalue weighted by Crippen LogP contribution is -2.04. The zero-order valence-electron chi connectivity index (χ0n) is 27.1. The summed E-state index contributed by atoms with van der Waals surface area (Å²) in [4.78, 5) is 14.4. The van der Waals surface area contributed by atoms with Crippen molar-refractivity contribution < 1.29 is 14.9 Å². The summed E-state index contributed by atoms with van der Waals surface area (Å²) in [5, 5.41) is 22.4. The van der Waals surface area contributed by atoms with Gasteiger partial charge in [0.2, 0.25) is 0 Å². The van der Waals surface area contributed by atoms with Crippen molar-refractivity contribution in [1.29, 1.82) is 0 Å². The van der Waals surface area contributed by atoms with E-state index in [2.05, 4.69) is 39.8 Å². The van der Waals surface area contributed by atoms with E-state index in [9.17, 15) is 10.2 Å². The Labute approximate surface area is 263 Å². The molecule has 0 aliphatic carbocycles. The fraction of sp³-hybridized carbons (Fsp3) is 0.447. The van der Waals surface area contributed by atoms with Gasteiger partial charge in [-0.3, -0.25) is 0 Å². The van der Waals surface area contributed by atoms with Gasteiger partial charge in [-0.25, -0.2) is 15.0 Å². The van der Waals surface area contributed by atoms with Crippen molar-refractivity contribution in [3.8, 4) is 51.4 Å². The molecular formula is C38H49N3O3. The Balaban J connectivity index is 1.72. The smallest absolute Gasteiger partial charge is 0.167 e. The van der Waals surface area contributed by atoms with Crippen LogP contribution in [0.5, 0.6) is 17.2 Å². The molecule has 0 amide bonds. The van der Waals surface area contributed by atoms with Gasteiger partial charge in [0.15, 0.2) is 17.5 Å². The number of methoxy groups -OCH3 is 1. The Bertz CT molecular complexity index is 1400. The molecule has 0 spiro atoms. The molecule has 0 radical (unpaired) electrons. The monoisotopic (exact) mass is 595 g/mol. The number of phenols is 2. The van der Waals surface area contributed by atoms with E-state index < -0.39 is 0 Å². The highest BCUT2D eigenvalue weighted by Crippen LogP contribution is 2.35. The van der Waals surface area contributed by atoms with Crippen LogP contribution in [0.3, 0.4) is 0 Å². The van der Waals surface area contributed by atoms with Gasteiger partial charge in [0.05, 0.1) is 18.2 Å². The average Bonchev–Trinajstić information content (AvgIpc) is 3.04. The van der Waals surface area contributed by atoms with Gasteiger partial charge in [0, 0.05) is 5.56 Å². The predicted octanol–water partition coefficient (Wildman–Crippen LogP) is 9.81. The minimum atomic E-state index is 0.142. The van der Waals surface area contributed by atoms with Crippen molar-refractivity contribution in [1.82, 2.24) is 15.0 Å². The number of nitrogens with zero attached hydrogens (tertiary/aromatic N) is 3. The van der Waals surface area contributed by atoms with Crippen molar-refractivity contribution in [2.75, 3.05) is 7.11 Å². The third-order valence-electron chi connectivity index (χ3n) is 8.73. The number of unbranched alkanes of at least 4 members (excludes halogenated alkanes) is 2. The number of phenolic OH excluding ortho intramolecular Hbond substituents is 2. The summed E-state index contributed by atoms with van der Waals surface area (Å²) in [6.07, 6.45) is 11.3. The number of hydrogen-bond acceptors (Lipinski definition) is 6. The van der Waals surface area contributed by atoms with Gasteiger partial charge in [0.1, 0.15) is 17.2 Å². The second-order valence-electron chi connectivity index (χ2n) is 12.0. The Morgan fingerprint density at radius 2 is 1.07 bits per heavy atom. The molecule has 0 saturated carbocycles. The van der Waals surface area contributed by atoms with Crippen molar-refractivity contribution in [2.24, 2.45) is 11.8 Å². The minimum Gasteiger partial charge on any atom is -0.507 e. The minimum absolute atomic E-state index is 0.142. The number of aromatic hydroxyl groups is 2. The third kappa shape index (κ3) is 8.58. The first kappa shape index (κ1) is 33.0. The molecule has 0 aliphatic heterocycles. The molecule has 44 heavy (non-hydrogen) atoms. The highest BCUT2D eigenvalue weighted by Gasteiger charge is 2.18. The van der Waals surface area contributed by atoms with Gasteiger partial charge in [-0.2, -0.15) is 0 Å². The second kappa shape index (κ2) is 16.2. The molecule has 4 rings (SSSR count). The van der Waals surface area contributed by atoms with Gasteiger partial charge in [-0.15, -0.1) is 0 Å². The Morgan fingerprint density at radius 1 is 0.614 bits per heavy atom. The molecule has 2 unspecified atom stereocenters. The number of aromatic nitrogens is 3. The lowest BCUT2D eigenvalue weighted by Gasteiger charge is -2.16. The predicted molar refractivity (Wildman–Crippen MR) is 180 cm³/mol. The SMILES string of the molecule is CCCCC(CC)Cc1ccc(-c2nc(-c3ccc(OC)cc3)nc(-c3ccc(CC(CC)CCCC)cc3O)n2)c(O)c1. The number of rotatable bonds is 16. The Hall–Kier alpha value is -3.93. The molecule has 1 aromatic heterocycles. The molecule has 234 valence electrons. The van der Waals surface area contributed by atoms with E-state index in [-0.39, 0.29) is 11.5 Å². The van der Waals surface area contributed by atoms with Crippen LogP contribution in [0.25, 0.3) is 34.2 Å². The van der Waals surface area contributed by atoms with Gasteiger partial charge < -0.3 is 14.9 Å². The van der Waals surface area contributed by atoms with E-state index in [1.807, 2.05) is 48.5 Å². The topological polar surface area (TPSA) is 88.4 Å². The van der Waals surface area contributed by atoms with E-state index >= 15 is 0 Å². The van der Waals surface area contributed by atoms with Gasteiger partial charge in [-0.05, 0) is 84.3 Å². The Morgan fingerprint density at radius 3 is 1.45 bits per heavy atom. The van der Waals surface area contributed by atoms with Crippen molar-refractivity contribution in [3.63, 3.8) is 0 Å². The molecule has 2 N–H and O–H groups in total. The number of ether oxygens (including phenoxy) is 1. The van der Waals surface area contributed by atoms with E-state index in [1.54, 1.807) is 7.11 Å². The van der Waals surface area contributed by atoms with Crippen LogP contribution in [-0.4, -0.2) is 32.3 Å². The van der Waals surface area contributed by atoms with Crippen LogP contribution in [0.1, 0.15) is 90.2 Å². The lowest BCUT2D eigenvalue weighted by molar-refractivity contribution is 0.415. The highest BCUT2D eigenvalue weighted by atomic mass is 16.5. The quantitative estimate of drug-likeness (QED) is 0.134. The standard InChI is InChI=1S/C38H49N3O3/c1-6-10-12-26(8-3)22-28-14-20-32(34(42)24-28)37-39-36(30-16-18-31(44-5)19-17-30)40-38(41-37)33-21-15-29(25-35(33)43)23-27(9-4)13-11-7-2/h14-21,24-27,42-43H,6-13,22-23H2,1-5H3. The molecule has 0 saturated heterocycles. The highest BCUT2D eigenvalue weighted by molar-refractivity contribution is 5.72. The summed E-state index contributed by atoms with van der Waals surface area (Å²) in [6, 6.07) is 19.1. The maximum atomic E-state index is 11.2. The first-order valence-corrected chi connectivity index (χ1v) is 16.4. The van der Waals surface area contributed by atoms with Crippen LogP contribution in [0, 0.1) is 11.8 Å². The molecule has 6 heteroatoms. The van der Waals surface area contributed by atoms with Crippen LogP contribution >= 0.6 is 0 Å². The second-order valence-corrected chi connectivity index (χ2v) is 12.0. The maximum absolute atomic E-state index is 11.2. The number of hydrogen-bond donors (Lipinski definition) is 2. The normalized spacial score (nSPS) is 12.7. The van der Waals surface area contributed by atoms with Crippen LogP contribution in [0.2, 0.25) is 0 Å². The van der Waals surface area contributed by atoms with Gasteiger partial charge in [0.25, 0.3) is 0 Å². The lowest BCUT2D eigenvalue weighted by atomic mass is 9.91. The summed E-state index contributed by atoms with van der Waals surface area (Å²) >= 11 is 0. The largest absolute Gasteiger partial charge is 0.507 e. The number of benzene rings is 3. The van der Waals surface area contributed by atoms with Gasteiger partial charge in [-0.1, -0.05) is 91.2 Å². The average molecular weight is 596 g/mol. The molecular weight excluding hydrogens is 546 g/mol. The molecule has 0 aliphatic rings. The Kier molecular flexibility index (Phi) is 12.2. The van der Waals surface area contributed by atoms with Gasteiger partial charge >= 0.3 is 0 Å². The molecule has 6 nitrogen and oxygen atoms in total. The fourth-order valence-electron chi connectivity index (χ4n) is 5.83. The first-order chi connectivity index (χ1) is 21.4.